The predicted octanol–water partition coefficient (Wildman–Crippen LogP) is 15.7. The molecule has 496 valence electrons. The average Bonchev–Trinajstić information content (AvgIpc) is 0.864. The summed E-state index contributed by atoms with van der Waals surface area (Å²) in [6, 6.07) is 55.3. The zero-order chi connectivity index (χ0) is 69.2. The van der Waals surface area contributed by atoms with Crippen molar-refractivity contribution in [3.8, 4) is 11.5 Å². The summed E-state index contributed by atoms with van der Waals surface area (Å²) in [4.78, 5) is 4.49. The minimum Gasteiger partial charge on any atom is -0.741 e. The fourth-order valence-electron chi connectivity index (χ4n) is 9.45. The normalized spacial score (nSPS) is 13.3. The van der Waals surface area contributed by atoms with Crippen molar-refractivity contribution in [3.63, 3.8) is 0 Å². The molecule has 8 rings (SSSR count). The monoisotopic (exact) mass is 1330 g/mol. The lowest BCUT2D eigenvalue weighted by Crippen LogP contribution is -2.21. The van der Waals surface area contributed by atoms with Gasteiger partial charge in [0.25, 0.3) is 0 Å². The number of nitrogens with zero attached hydrogens (tertiary/aromatic N) is 4. The summed E-state index contributed by atoms with van der Waals surface area (Å²) in [5.41, 5.74) is 7.66. The molecule has 0 radical (unpaired) electrons. The fraction of sp³-hybridized carbons (Fsp3) is 0.216. The molecule has 6 aromatic rings. The van der Waals surface area contributed by atoms with Crippen LogP contribution in [0.1, 0.15) is 61.1 Å². The molecule has 0 aliphatic heterocycles. The third kappa shape index (κ3) is 22.5. The van der Waals surface area contributed by atoms with E-state index in [1.54, 1.807) is 14.2 Å². The highest BCUT2D eigenvalue weighted by molar-refractivity contribution is 7.86. The van der Waals surface area contributed by atoms with Crippen LogP contribution < -0.4 is 19.3 Å². The largest absolute Gasteiger partial charge is 0.741 e. The summed E-state index contributed by atoms with van der Waals surface area (Å²) in [5.74, 6) is 1.69. The molecule has 0 spiro atoms. The van der Waals surface area contributed by atoms with Gasteiger partial charge in [0.2, 0.25) is 0 Å². The minimum absolute atomic E-state index is 0.846. The first-order chi connectivity index (χ1) is 44.6. The van der Waals surface area contributed by atoms with E-state index in [4.69, 9.17) is 35.4 Å². The molecular formula is C74H78F6N4O8S2. The molecule has 0 fully saturated rings. The Bertz CT molecular complexity index is 4020. The lowest BCUT2D eigenvalue weighted by atomic mass is 9.94. The fourth-order valence-corrected chi connectivity index (χ4v) is 9.45. The number of hydrogen-bond donors (Lipinski definition) is 0. The molecule has 94 heavy (non-hydrogen) atoms. The molecule has 6 aromatic carbocycles. The van der Waals surface area contributed by atoms with Gasteiger partial charge in [-0.15, -0.1) is 0 Å². The van der Waals surface area contributed by atoms with Gasteiger partial charge in [0.15, 0.2) is 31.7 Å². The first kappa shape index (κ1) is 75.4. The maximum absolute atomic E-state index is 10.7. The third-order valence-corrected chi connectivity index (χ3v) is 15.7. The number of allylic oxidation sites excluding steroid dienone is 18. The van der Waals surface area contributed by atoms with Crippen LogP contribution in [0.2, 0.25) is 0 Å². The Labute approximate surface area is 549 Å². The molecule has 20 heteroatoms. The third-order valence-electron chi connectivity index (χ3n) is 14.6. The highest BCUT2D eigenvalue weighted by Crippen LogP contribution is 2.32. The van der Waals surface area contributed by atoms with Gasteiger partial charge in [-0.3, -0.25) is 0 Å². The summed E-state index contributed by atoms with van der Waals surface area (Å²) < 4.78 is 133. The van der Waals surface area contributed by atoms with Crippen LogP contribution in [0.5, 0.6) is 11.5 Å². The predicted molar refractivity (Wildman–Crippen MR) is 367 cm³/mol. The van der Waals surface area contributed by atoms with Gasteiger partial charge in [0.1, 0.15) is 38.7 Å². The van der Waals surface area contributed by atoms with Crippen molar-refractivity contribution in [2.45, 2.75) is 38.7 Å². The standard InChI is InChI=1S/C39H45N2O2.C33H33N2.2CHF3O3S/c1-7-40(8-2)34-22-14-30(15-23-34)38(32-18-26-36(42-5)27-19-32)12-11-13-39(33-20-28-37(43-6)29-21-33)31-16-24-35(25-17-31)41(9-3)10-4;1-34(2)30-22-18-28(19-23-30)32(26-12-7-5-8-13-26)16-11-17-33(27-14-9-6-10-15-27)29-20-24-31(25-21-29)35(3)4;2*2-1(3,4)8(5,6)7/h11-29H,7-10H2,1-6H3;5-25H,1-4H3;2*(H,5,6,7)/q2*+1;;/p-2. The Morgan fingerprint density at radius 2 is 0.766 bits per heavy atom. The number of rotatable bonds is 18. The van der Waals surface area contributed by atoms with Crippen molar-refractivity contribution in [2.75, 3.05) is 78.4 Å². The maximum atomic E-state index is 10.7. The summed E-state index contributed by atoms with van der Waals surface area (Å²) in [5, 5.41) is 0. The summed E-state index contributed by atoms with van der Waals surface area (Å²) in [6.07, 6.45) is 30.8. The molecule has 12 nitrogen and oxygen atoms in total. The van der Waals surface area contributed by atoms with Crippen molar-refractivity contribution in [1.29, 1.82) is 0 Å². The van der Waals surface area contributed by atoms with E-state index in [0.29, 0.717) is 0 Å². The molecule has 2 aliphatic carbocycles. The number of halogens is 6. The molecular weight excluding hydrogens is 1250 g/mol. The maximum Gasteiger partial charge on any atom is 0.485 e. The Kier molecular flexibility index (Phi) is 28.6. The average molecular weight is 1330 g/mol. The van der Waals surface area contributed by atoms with Gasteiger partial charge in [-0.25, -0.2) is 26.0 Å². The second-order valence-electron chi connectivity index (χ2n) is 21.0. The Morgan fingerprint density at radius 3 is 1.09 bits per heavy atom. The van der Waals surface area contributed by atoms with Gasteiger partial charge < -0.3 is 28.4 Å². The SMILES string of the molecule is CCN(CC)c1ccc(/C(=C/C=C/C(=C2C=CC(=[N+](CC)CC)C=C2)c2ccc(OC)cc2)c2ccc(OC)cc2)cc1.CN(C)c1ccc(/C(=C/C=C/C(=C2C=CC(=[N+](C)C)C=C2)c2ccccc2)c2ccccc2)cc1.O=S(=O)([O-])C(F)(F)F.O=S(=O)([O-])C(F)(F)F. The van der Waals surface area contributed by atoms with E-state index in [1.165, 1.54) is 67.3 Å². The molecule has 2 aliphatic rings. The van der Waals surface area contributed by atoms with Gasteiger partial charge in [-0.2, -0.15) is 26.3 Å². The van der Waals surface area contributed by atoms with Crippen LogP contribution >= 0.6 is 0 Å². The molecule has 0 N–H and O–H groups in total. The first-order valence-corrected chi connectivity index (χ1v) is 32.6. The summed E-state index contributed by atoms with van der Waals surface area (Å²) in [7, 11) is -0.512. The van der Waals surface area contributed by atoms with Crippen LogP contribution in [0.4, 0.5) is 37.7 Å². The highest BCUT2D eigenvalue weighted by Gasteiger charge is 2.37. The number of anilines is 2. The molecule has 0 heterocycles. The number of methoxy groups -OCH3 is 2. The van der Waals surface area contributed by atoms with Gasteiger partial charge in [0, 0.05) is 62.9 Å². The highest BCUT2D eigenvalue weighted by atomic mass is 32.2. The van der Waals surface area contributed by atoms with E-state index in [-0.39, 0.29) is 0 Å². The zero-order valence-corrected chi connectivity index (χ0v) is 55.7. The molecule has 0 aromatic heterocycles. The topological polar surface area (TPSA) is 145 Å². The van der Waals surface area contributed by atoms with Crippen LogP contribution in [0.3, 0.4) is 0 Å². The summed E-state index contributed by atoms with van der Waals surface area (Å²) >= 11 is 0. The Balaban J connectivity index is 0.000000279. The molecule has 0 saturated carbocycles. The molecule has 0 atom stereocenters. The van der Waals surface area contributed by atoms with Crippen LogP contribution in [0, 0.1) is 0 Å². The van der Waals surface area contributed by atoms with E-state index in [2.05, 4.69) is 293 Å². The number of hydrogen-bond acceptors (Lipinski definition) is 10. The lowest BCUT2D eigenvalue weighted by molar-refractivity contribution is -0.519. The smallest absolute Gasteiger partial charge is 0.485 e. The van der Waals surface area contributed by atoms with E-state index in [0.717, 1.165) is 60.0 Å². The quantitative estimate of drug-likeness (QED) is 0.0268. The van der Waals surface area contributed by atoms with Gasteiger partial charge in [0.05, 0.1) is 14.2 Å². The zero-order valence-electron chi connectivity index (χ0n) is 54.1. The van der Waals surface area contributed by atoms with Crippen LogP contribution in [0.25, 0.3) is 22.3 Å². The van der Waals surface area contributed by atoms with Crippen LogP contribution in [-0.2, 0) is 20.2 Å². The van der Waals surface area contributed by atoms with E-state index >= 15 is 0 Å². The van der Waals surface area contributed by atoms with E-state index in [1.807, 2.05) is 24.3 Å². The number of alkyl halides is 6. The van der Waals surface area contributed by atoms with Crippen molar-refractivity contribution >= 4 is 65.3 Å². The van der Waals surface area contributed by atoms with Gasteiger partial charge in [-0.05, 0) is 167 Å². The van der Waals surface area contributed by atoms with E-state index < -0.39 is 31.3 Å². The molecule has 0 unspecified atom stereocenters. The van der Waals surface area contributed by atoms with Crippen molar-refractivity contribution in [3.05, 3.63) is 287 Å². The van der Waals surface area contributed by atoms with Crippen LogP contribution in [-0.4, -0.2) is 126 Å². The van der Waals surface area contributed by atoms with Gasteiger partial charge >= 0.3 is 11.0 Å². The molecule has 0 bridgehead atoms. The Morgan fingerprint density at radius 1 is 0.457 bits per heavy atom. The van der Waals surface area contributed by atoms with Crippen LogP contribution in [0.15, 0.2) is 254 Å². The lowest BCUT2D eigenvalue weighted by Gasteiger charge is -2.21. The molecule has 0 amide bonds. The van der Waals surface area contributed by atoms with Crippen molar-refractivity contribution < 1.29 is 70.9 Å². The number of benzene rings is 6. The van der Waals surface area contributed by atoms with Crippen molar-refractivity contribution in [2.24, 2.45) is 0 Å². The minimum atomic E-state index is -6.09. The first-order valence-electron chi connectivity index (χ1n) is 29.8. The van der Waals surface area contributed by atoms with E-state index in [9.17, 15) is 26.3 Å². The van der Waals surface area contributed by atoms with Gasteiger partial charge in [-0.1, -0.05) is 146 Å². The van der Waals surface area contributed by atoms with Crippen molar-refractivity contribution in [1.82, 2.24) is 0 Å². The number of ether oxygens (including phenoxy) is 2. The summed E-state index contributed by atoms with van der Waals surface area (Å²) in [6.45, 7) is 12.7. The second-order valence-corrected chi connectivity index (χ2v) is 23.8. The molecule has 0 saturated heterocycles. The second kappa shape index (κ2) is 35.6. The Hall–Kier alpha value is -9.34.